The van der Waals surface area contributed by atoms with Gasteiger partial charge in [-0.05, 0) is 68.0 Å². The monoisotopic (exact) mass is 434 g/mol. The Bertz CT molecular complexity index is 844. The molecule has 0 aliphatic carbocycles. The van der Waals surface area contributed by atoms with Crippen LogP contribution in [-0.4, -0.2) is 75.1 Å². The minimum Gasteiger partial charge on any atom is -0.371 e. The van der Waals surface area contributed by atoms with Crippen LogP contribution in [0.15, 0.2) is 54.6 Å². The Morgan fingerprint density at radius 2 is 1.69 bits per heavy atom. The van der Waals surface area contributed by atoms with Crippen LogP contribution in [0.1, 0.15) is 47.5 Å². The Labute approximate surface area is 193 Å². The summed E-state index contributed by atoms with van der Waals surface area (Å²) in [6, 6.07) is 19.7. The fourth-order valence-electron chi connectivity index (χ4n) is 5.10. The standard InChI is InChI=1S/C27H38N4O/c1-29(2)27(32)23-10-12-26(13-11-23)31-18-14-25(15-19-31)28-16-20-30-17-6-9-24(21-30)22-7-4-3-5-8-22/h3-5,7-8,10-13,24-25,28H,6,9,14-21H2,1-2H3/t24-/m1/s1. The number of hydrogen-bond donors (Lipinski definition) is 1. The van der Waals surface area contributed by atoms with Gasteiger partial charge in [0.05, 0.1) is 0 Å². The molecule has 32 heavy (non-hydrogen) atoms. The van der Waals surface area contributed by atoms with E-state index in [2.05, 4.69) is 57.6 Å². The van der Waals surface area contributed by atoms with E-state index < -0.39 is 0 Å². The van der Waals surface area contributed by atoms with E-state index in [0.717, 1.165) is 31.7 Å². The number of likely N-dealkylation sites (tertiary alicyclic amines) is 1. The van der Waals surface area contributed by atoms with Crippen molar-refractivity contribution in [1.29, 1.82) is 0 Å². The first-order valence-corrected chi connectivity index (χ1v) is 12.2. The first kappa shape index (κ1) is 22.8. The van der Waals surface area contributed by atoms with Gasteiger partial charge in [-0.3, -0.25) is 4.79 Å². The molecule has 2 heterocycles. The summed E-state index contributed by atoms with van der Waals surface area (Å²) in [6.45, 7) is 6.78. The fraction of sp³-hybridized carbons (Fsp3) is 0.519. The molecule has 0 aromatic heterocycles. The van der Waals surface area contributed by atoms with Crippen molar-refractivity contribution in [2.24, 2.45) is 0 Å². The van der Waals surface area contributed by atoms with Crippen LogP contribution in [0.5, 0.6) is 0 Å². The van der Waals surface area contributed by atoms with E-state index in [0.29, 0.717) is 12.0 Å². The maximum Gasteiger partial charge on any atom is 0.253 e. The van der Waals surface area contributed by atoms with Crippen molar-refractivity contribution in [2.45, 2.75) is 37.6 Å². The summed E-state index contributed by atoms with van der Waals surface area (Å²) in [7, 11) is 3.59. The average molecular weight is 435 g/mol. The van der Waals surface area contributed by atoms with Gasteiger partial charge in [-0.25, -0.2) is 0 Å². The van der Waals surface area contributed by atoms with E-state index in [9.17, 15) is 4.79 Å². The Kier molecular flexibility index (Phi) is 7.82. The van der Waals surface area contributed by atoms with E-state index in [4.69, 9.17) is 0 Å². The third-order valence-electron chi connectivity index (χ3n) is 7.02. The zero-order valence-electron chi connectivity index (χ0n) is 19.7. The van der Waals surface area contributed by atoms with Gasteiger partial charge in [0.25, 0.3) is 5.91 Å². The number of carbonyl (C=O) groups is 1. The smallest absolute Gasteiger partial charge is 0.253 e. The molecule has 1 N–H and O–H groups in total. The van der Waals surface area contributed by atoms with Gasteiger partial charge >= 0.3 is 0 Å². The summed E-state index contributed by atoms with van der Waals surface area (Å²) >= 11 is 0. The first-order valence-electron chi connectivity index (χ1n) is 12.2. The van der Waals surface area contributed by atoms with E-state index in [1.165, 1.54) is 50.0 Å². The Morgan fingerprint density at radius 3 is 2.38 bits per heavy atom. The van der Waals surface area contributed by atoms with Crippen LogP contribution in [0.2, 0.25) is 0 Å². The molecule has 4 rings (SSSR count). The summed E-state index contributed by atoms with van der Waals surface area (Å²) in [5.41, 5.74) is 3.47. The van der Waals surface area contributed by atoms with Crippen molar-refractivity contribution in [3.63, 3.8) is 0 Å². The maximum atomic E-state index is 12.1. The number of anilines is 1. The van der Waals surface area contributed by atoms with Crippen molar-refractivity contribution in [1.82, 2.24) is 15.1 Å². The van der Waals surface area contributed by atoms with Crippen LogP contribution < -0.4 is 10.2 Å². The normalized spacial score (nSPS) is 20.3. The van der Waals surface area contributed by atoms with E-state index in [1.54, 1.807) is 19.0 Å². The lowest BCUT2D eigenvalue weighted by molar-refractivity contribution is 0.0827. The number of hydrogen-bond acceptors (Lipinski definition) is 4. The minimum atomic E-state index is 0.0586. The number of benzene rings is 2. The topological polar surface area (TPSA) is 38.8 Å². The molecule has 2 aromatic carbocycles. The molecule has 2 fully saturated rings. The van der Waals surface area contributed by atoms with Crippen molar-refractivity contribution in [3.8, 4) is 0 Å². The largest absolute Gasteiger partial charge is 0.371 e. The number of nitrogens with zero attached hydrogens (tertiary/aromatic N) is 3. The van der Waals surface area contributed by atoms with E-state index in [-0.39, 0.29) is 5.91 Å². The highest BCUT2D eigenvalue weighted by Gasteiger charge is 2.22. The predicted octanol–water partition coefficient (Wildman–Crippen LogP) is 3.83. The molecule has 0 radical (unpaired) electrons. The van der Waals surface area contributed by atoms with Crippen LogP contribution >= 0.6 is 0 Å². The van der Waals surface area contributed by atoms with Crippen molar-refractivity contribution >= 4 is 11.6 Å². The van der Waals surface area contributed by atoms with Gasteiger partial charge in [0, 0.05) is 64.1 Å². The Hall–Kier alpha value is -2.37. The van der Waals surface area contributed by atoms with Gasteiger partial charge in [-0.2, -0.15) is 0 Å². The molecule has 0 spiro atoms. The zero-order valence-corrected chi connectivity index (χ0v) is 19.7. The highest BCUT2D eigenvalue weighted by atomic mass is 16.2. The van der Waals surface area contributed by atoms with Crippen LogP contribution in [0.25, 0.3) is 0 Å². The van der Waals surface area contributed by atoms with Crippen molar-refractivity contribution in [3.05, 3.63) is 65.7 Å². The fourth-order valence-corrected chi connectivity index (χ4v) is 5.10. The lowest BCUT2D eigenvalue weighted by Crippen LogP contribution is -2.45. The molecule has 0 bridgehead atoms. The molecule has 5 nitrogen and oxygen atoms in total. The lowest BCUT2D eigenvalue weighted by Gasteiger charge is -2.36. The third-order valence-corrected chi connectivity index (χ3v) is 7.02. The second-order valence-corrected chi connectivity index (χ2v) is 9.51. The number of piperidine rings is 2. The van der Waals surface area contributed by atoms with Gasteiger partial charge < -0.3 is 20.0 Å². The molecular formula is C27H38N4O. The van der Waals surface area contributed by atoms with E-state index in [1.807, 2.05) is 12.1 Å². The maximum absolute atomic E-state index is 12.1. The summed E-state index contributed by atoms with van der Waals surface area (Å²) in [5.74, 6) is 0.746. The molecule has 2 aliphatic rings. The molecule has 5 heteroatoms. The van der Waals surface area contributed by atoms with Gasteiger partial charge in [-0.1, -0.05) is 30.3 Å². The van der Waals surface area contributed by atoms with Gasteiger partial charge in [0.1, 0.15) is 0 Å². The highest BCUT2D eigenvalue weighted by molar-refractivity contribution is 5.94. The van der Waals surface area contributed by atoms with Crippen LogP contribution in [0.4, 0.5) is 5.69 Å². The summed E-state index contributed by atoms with van der Waals surface area (Å²) in [4.78, 5) is 18.8. The van der Waals surface area contributed by atoms with Crippen LogP contribution in [0.3, 0.4) is 0 Å². The quantitative estimate of drug-likeness (QED) is 0.719. The molecular weight excluding hydrogens is 396 g/mol. The summed E-state index contributed by atoms with van der Waals surface area (Å²) < 4.78 is 0. The zero-order chi connectivity index (χ0) is 22.3. The van der Waals surface area contributed by atoms with Crippen LogP contribution in [0, 0.1) is 0 Å². The van der Waals surface area contributed by atoms with Crippen molar-refractivity contribution < 1.29 is 4.79 Å². The summed E-state index contributed by atoms with van der Waals surface area (Å²) in [6.07, 6.45) is 4.96. The second-order valence-electron chi connectivity index (χ2n) is 9.51. The van der Waals surface area contributed by atoms with Gasteiger partial charge in [0.15, 0.2) is 0 Å². The molecule has 0 unspecified atom stereocenters. The SMILES string of the molecule is CN(C)C(=O)c1ccc(N2CCC(NCCN3CCC[C@@H](c4ccccc4)C3)CC2)cc1. The lowest BCUT2D eigenvalue weighted by atomic mass is 9.91. The van der Waals surface area contributed by atoms with Gasteiger partial charge in [0.2, 0.25) is 0 Å². The van der Waals surface area contributed by atoms with Crippen LogP contribution in [-0.2, 0) is 0 Å². The Balaban J connectivity index is 1.17. The molecule has 172 valence electrons. The molecule has 2 saturated heterocycles. The highest BCUT2D eigenvalue weighted by Crippen LogP contribution is 2.26. The summed E-state index contributed by atoms with van der Waals surface area (Å²) in [5, 5.41) is 3.81. The van der Waals surface area contributed by atoms with E-state index >= 15 is 0 Å². The predicted molar refractivity (Wildman–Crippen MR) is 133 cm³/mol. The molecule has 0 saturated carbocycles. The average Bonchev–Trinajstić information content (AvgIpc) is 2.85. The second kappa shape index (κ2) is 11.0. The number of rotatable bonds is 7. The third kappa shape index (κ3) is 5.90. The van der Waals surface area contributed by atoms with Gasteiger partial charge in [-0.15, -0.1) is 0 Å². The molecule has 2 aliphatic heterocycles. The first-order chi connectivity index (χ1) is 15.6. The number of nitrogens with one attached hydrogen (secondary N) is 1. The molecule has 1 atom stereocenters. The van der Waals surface area contributed by atoms with Crippen molar-refractivity contribution in [2.75, 3.05) is 58.3 Å². The number of carbonyl (C=O) groups excluding carboxylic acids is 1. The molecule has 1 amide bonds. The Morgan fingerprint density at radius 1 is 0.969 bits per heavy atom. The molecule has 2 aromatic rings. The number of amides is 1. The minimum absolute atomic E-state index is 0.0586.